The number of aromatic amines is 1. The van der Waals surface area contributed by atoms with Crippen LogP contribution in [0.2, 0.25) is 0 Å². The SMILES string of the molecule is CONC1(C(=O)c2cnc[nH]2)CCCCC1. The molecule has 0 amide bonds. The lowest BCUT2D eigenvalue weighted by Gasteiger charge is -2.35. The number of hydrogen-bond donors (Lipinski definition) is 2. The van der Waals surface area contributed by atoms with E-state index in [1.807, 2.05) is 0 Å². The first-order valence-corrected chi connectivity index (χ1v) is 5.62. The van der Waals surface area contributed by atoms with Gasteiger partial charge in [0.15, 0.2) is 0 Å². The molecule has 1 aromatic rings. The standard InChI is InChI=1S/C11H17N3O2/c1-16-14-11(5-3-2-4-6-11)10(15)9-7-12-8-13-9/h7-8,14H,2-6H2,1H3,(H,12,13). The first-order valence-electron chi connectivity index (χ1n) is 5.62. The molecule has 5 nitrogen and oxygen atoms in total. The van der Waals surface area contributed by atoms with Gasteiger partial charge in [0, 0.05) is 0 Å². The van der Waals surface area contributed by atoms with Crippen molar-refractivity contribution in [2.75, 3.05) is 7.11 Å². The highest BCUT2D eigenvalue weighted by atomic mass is 16.6. The zero-order valence-corrected chi connectivity index (χ0v) is 9.45. The van der Waals surface area contributed by atoms with Gasteiger partial charge in [0.05, 0.1) is 19.6 Å². The number of hydroxylamine groups is 1. The second kappa shape index (κ2) is 4.76. The Kier molecular flexibility index (Phi) is 3.36. The summed E-state index contributed by atoms with van der Waals surface area (Å²) in [7, 11) is 1.55. The summed E-state index contributed by atoms with van der Waals surface area (Å²) in [6.45, 7) is 0. The lowest BCUT2D eigenvalue weighted by Crippen LogP contribution is -2.52. The van der Waals surface area contributed by atoms with Crippen molar-refractivity contribution in [1.82, 2.24) is 15.4 Å². The maximum Gasteiger partial charge on any atom is 0.202 e. The van der Waals surface area contributed by atoms with Crippen molar-refractivity contribution in [1.29, 1.82) is 0 Å². The van der Waals surface area contributed by atoms with Crippen LogP contribution < -0.4 is 5.48 Å². The number of rotatable bonds is 4. The molecule has 88 valence electrons. The molecule has 0 aliphatic heterocycles. The van der Waals surface area contributed by atoms with Crippen LogP contribution in [-0.4, -0.2) is 28.4 Å². The van der Waals surface area contributed by atoms with E-state index in [4.69, 9.17) is 4.84 Å². The van der Waals surface area contributed by atoms with E-state index in [1.165, 1.54) is 12.7 Å². The quantitative estimate of drug-likeness (QED) is 0.599. The predicted octanol–water partition coefficient (Wildman–Crippen LogP) is 1.45. The molecule has 16 heavy (non-hydrogen) atoms. The van der Waals surface area contributed by atoms with Crippen LogP contribution in [0.1, 0.15) is 42.6 Å². The Bertz CT molecular complexity index is 337. The average molecular weight is 223 g/mol. The molecule has 1 saturated carbocycles. The molecular weight excluding hydrogens is 206 g/mol. The molecule has 0 unspecified atom stereocenters. The summed E-state index contributed by atoms with van der Waals surface area (Å²) < 4.78 is 0. The largest absolute Gasteiger partial charge is 0.342 e. The fraction of sp³-hybridized carbons (Fsp3) is 0.636. The highest BCUT2D eigenvalue weighted by molar-refractivity contribution is 6.01. The normalized spacial score (nSPS) is 19.6. The van der Waals surface area contributed by atoms with Crippen molar-refractivity contribution in [3.8, 4) is 0 Å². The second-order valence-electron chi connectivity index (χ2n) is 4.24. The van der Waals surface area contributed by atoms with Crippen LogP contribution in [0, 0.1) is 0 Å². The zero-order valence-electron chi connectivity index (χ0n) is 9.45. The number of aromatic nitrogens is 2. The smallest absolute Gasteiger partial charge is 0.202 e. The van der Waals surface area contributed by atoms with E-state index in [9.17, 15) is 4.79 Å². The molecule has 2 N–H and O–H groups in total. The van der Waals surface area contributed by atoms with Gasteiger partial charge >= 0.3 is 0 Å². The number of imidazole rings is 1. The Balaban J connectivity index is 2.21. The number of H-pyrrole nitrogens is 1. The minimum Gasteiger partial charge on any atom is -0.342 e. The van der Waals surface area contributed by atoms with E-state index in [1.54, 1.807) is 13.3 Å². The van der Waals surface area contributed by atoms with Crippen molar-refractivity contribution in [2.24, 2.45) is 0 Å². The molecule has 1 aliphatic rings. The maximum atomic E-state index is 12.4. The van der Waals surface area contributed by atoms with Gasteiger partial charge in [-0.1, -0.05) is 19.3 Å². The highest BCUT2D eigenvalue weighted by Gasteiger charge is 2.40. The first-order chi connectivity index (χ1) is 7.78. The average Bonchev–Trinajstić information content (AvgIpc) is 2.83. The topological polar surface area (TPSA) is 67.0 Å². The molecule has 0 aromatic carbocycles. The third-order valence-electron chi connectivity index (χ3n) is 3.18. The van der Waals surface area contributed by atoms with E-state index >= 15 is 0 Å². The molecule has 1 aromatic heterocycles. The maximum absolute atomic E-state index is 12.4. The molecule has 0 atom stereocenters. The summed E-state index contributed by atoms with van der Waals surface area (Å²) in [5.74, 6) is 0.0477. The molecular formula is C11H17N3O2. The minimum absolute atomic E-state index is 0.0477. The number of carbonyl (C=O) groups excluding carboxylic acids is 1. The molecule has 0 saturated heterocycles. The molecule has 1 aliphatic carbocycles. The van der Waals surface area contributed by atoms with Gasteiger partial charge in [-0.2, -0.15) is 5.48 Å². The lowest BCUT2D eigenvalue weighted by atomic mass is 9.78. The third kappa shape index (κ3) is 2.01. The van der Waals surface area contributed by atoms with E-state index in [0.29, 0.717) is 5.69 Å². The van der Waals surface area contributed by atoms with E-state index < -0.39 is 5.54 Å². The highest BCUT2D eigenvalue weighted by Crippen LogP contribution is 2.30. The van der Waals surface area contributed by atoms with Gasteiger partial charge in [-0.15, -0.1) is 0 Å². The molecule has 5 heteroatoms. The Hall–Kier alpha value is -1.20. The Morgan fingerprint density at radius 1 is 1.50 bits per heavy atom. The van der Waals surface area contributed by atoms with Gasteiger partial charge in [-0.25, -0.2) is 4.98 Å². The third-order valence-corrected chi connectivity index (χ3v) is 3.18. The fourth-order valence-corrected chi connectivity index (χ4v) is 2.36. The molecule has 1 fully saturated rings. The summed E-state index contributed by atoms with van der Waals surface area (Å²) in [6.07, 6.45) is 8.01. The molecule has 0 bridgehead atoms. The van der Waals surface area contributed by atoms with E-state index in [2.05, 4.69) is 15.4 Å². The summed E-state index contributed by atoms with van der Waals surface area (Å²) in [5.41, 5.74) is 2.87. The van der Waals surface area contributed by atoms with Crippen LogP contribution in [0.4, 0.5) is 0 Å². The van der Waals surface area contributed by atoms with Gasteiger partial charge in [0.1, 0.15) is 11.2 Å². The number of Topliss-reactive ketones (excluding diaryl/α,β-unsaturated/α-hetero) is 1. The van der Waals surface area contributed by atoms with Crippen LogP contribution in [-0.2, 0) is 4.84 Å². The van der Waals surface area contributed by atoms with Crippen molar-refractivity contribution in [3.05, 3.63) is 18.2 Å². The fourth-order valence-electron chi connectivity index (χ4n) is 2.36. The number of nitrogens with zero attached hydrogens (tertiary/aromatic N) is 1. The zero-order chi connectivity index (χ0) is 11.4. The van der Waals surface area contributed by atoms with Crippen LogP contribution in [0.25, 0.3) is 0 Å². The lowest BCUT2D eigenvalue weighted by molar-refractivity contribution is 0.00110. The second-order valence-corrected chi connectivity index (χ2v) is 4.24. The van der Waals surface area contributed by atoms with Gasteiger partial charge in [-0.05, 0) is 12.8 Å². The van der Waals surface area contributed by atoms with E-state index in [0.717, 1.165) is 25.7 Å². The Morgan fingerprint density at radius 2 is 2.25 bits per heavy atom. The van der Waals surface area contributed by atoms with Gasteiger partial charge in [0.25, 0.3) is 0 Å². The van der Waals surface area contributed by atoms with Crippen molar-refractivity contribution < 1.29 is 9.63 Å². The van der Waals surface area contributed by atoms with Crippen molar-refractivity contribution in [3.63, 3.8) is 0 Å². The molecule has 2 rings (SSSR count). The monoisotopic (exact) mass is 223 g/mol. The molecule has 1 heterocycles. The van der Waals surface area contributed by atoms with Gasteiger partial charge in [-0.3, -0.25) is 4.79 Å². The van der Waals surface area contributed by atoms with Crippen LogP contribution in [0.3, 0.4) is 0 Å². The van der Waals surface area contributed by atoms with Gasteiger partial charge in [0.2, 0.25) is 5.78 Å². The van der Waals surface area contributed by atoms with Crippen LogP contribution in [0.5, 0.6) is 0 Å². The molecule has 0 radical (unpaired) electrons. The first kappa shape index (κ1) is 11.3. The summed E-state index contributed by atoms with van der Waals surface area (Å²) >= 11 is 0. The Labute approximate surface area is 94.6 Å². The molecule has 0 spiro atoms. The van der Waals surface area contributed by atoms with Crippen molar-refractivity contribution in [2.45, 2.75) is 37.6 Å². The van der Waals surface area contributed by atoms with Crippen molar-refractivity contribution >= 4 is 5.78 Å². The van der Waals surface area contributed by atoms with Gasteiger partial charge < -0.3 is 9.82 Å². The minimum atomic E-state index is -0.570. The van der Waals surface area contributed by atoms with E-state index in [-0.39, 0.29) is 5.78 Å². The number of carbonyl (C=O) groups is 1. The van der Waals surface area contributed by atoms with Crippen LogP contribution in [0.15, 0.2) is 12.5 Å². The summed E-state index contributed by atoms with van der Waals surface area (Å²) in [4.78, 5) is 24.1. The number of nitrogens with one attached hydrogen (secondary N) is 2. The Morgan fingerprint density at radius 3 is 2.81 bits per heavy atom. The summed E-state index contributed by atoms with van der Waals surface area (Å²) in [6, 6.07) is 0. The predicted molar refractivity (Wildman–Crippen MR) is 58.9 cm³/mol. The number of ketones is 1. The summed E-state index contributed by atoms with van der Waals surface area (Å²) in [5, 5.41) is 0. The van der Waals surface area contributed by atoms with Crippen LogP contribution >= 0.6 is 0 Å². The number of hydrogen-bond acceptors (Lipinski definition) is 4.